The summed E-state index contributed by atoms with van der Waals surface area (Å²) >= 11 is 0. The van der Waals surface area contributed by atoms with Gasteiger partial charge in [0, 0.05) is 0 Å². The van der Waals surface area contributed by atoms with Gasteiger partial charge in [-0.3, -0.25) is 0 Å². The topological polar surface area (TPSA) is 29.5 Å². The van der Waals surface area contributed by atoms with Crippen molar-refractivity contribution in [1.29, 1.82) is 0 Å². The van der Waals surface area contributed by atoms with E-state index >= 15 is 0 Å². The molecule has 0 radical (unpaired) electrons. The molecule has 2 nitrogen and oxygen atoms in total. The second-order valence-electron chi connectivity index (χ2n) is 4.43. The van der Waals surface area contributed by atoms with Crippen LogP contribution in [0.4, 0.5) is 0 Å². The van der Waals surface area contributed by atoms with Gasteiger partial charge in [-0.25, -0.2) is 0 Å². The summed E-state index contributed by atoms with van der Waals surface area (Å²) in [4.78, 5) is 0. The van der Waals surface area contributed by atoms with E-state index in [-0.39, 0.29) is 0 Å². The zero-order valence-corrected chi connectivity index (χ0v) is 11.0. The number of hydrogen-bond acceptors (Lipinski definition) is 2. The van der Waals surface area contributed by atoms with E-state index in [1.54, 1.807) is 0 Å². The van der Waals surface area contributed by atoms with Gasteiger partial charge in [-0.05, 0) is 25.3 Å². The third-order valence-corrected chi connectivity index (χ3v) is 2.63. The number of aliphatic hydroxyl groups excluding tert-OH is 1. The molecule has 1 unspecified atom stereocenters. The van der Waals surface area contributed by atoms with E-state index in [0.29, 0.717) is 19.6 Å². The Morgan fingerprint density at radius 2 is 2.11 bits per heavy atom. The van der Waals surface area contributed by atoms with Crippen molar-refractivity contribution in [3.05, 3.63) is 60.2 Å². The van der Waals surface area contributed by atoms with Crippen LogP contribution in [0.2, 0.25) is 0 Å². The standard InChI is InChI=1S/C16H22O2/c1-3-7-14(2)10-11-16(17)13-18-12-15-8-5-4-6-9-15/h3-6,8-10,16-17H,1,7,11-13H2,2H3. The molecule has 1 aromatic carbocycles. The molecular formula is C16H22O2. The van der Waals surface area contributed by atoms with Crippen molar-refractivity contribution in [3.8, 4) is 0 Å². The molecule has 2 heteroatoms. The van der Waals surface area contributed by atoms with Gasteiger partial charge in [0.1, 0.15) is 0 Å². The first-order valence-corrected chi connectivity index (χ1v) is 6.28. The molecule has 0 spiro atoms. The molecule has 0 aliphatic carbocycles. The van der Waals surface area contributed by atoms with Crippen molar-refractivity contribution in [3.63, 3.8) is 0 Å². The molecule has 0 aromatic heterocycles. The fourth-order valence-corrected chi connectivity index (χ4v) is 1.60. The third kappa shape index (κ3) is 6.38. The summed E-state index contributed by atoms with van der Waals surface area (Å²) in [5.41, 5.74) is 2.36. The minimum absolute atomic E-state index is 0.368. The molecule has 18 heavy (non-hydrogen) atoms. The summed E-state index contributed by atoms with van der Waals surface area (Å²) in [5.74, 6) is 0. The smallest absolute Gasteiger partial charge is 0.0808 e. The number of rotatable bonds is 8. The van der Waals surface area contributed by atoms with Gasteiger partial charge in [0.25, 0.3) is 0 Å². The lowest BCUT2D eigenvalue weighted by Gasteiger charge is -2.09. The molecular weight excluding hydrogens is 224 g/mol. The Balaban J connectivity index is 2.19. The van der Waals surface area contributed by atoms with Crippen LogP contribution in [0, 0.1) is 0 Å². The van der Waals surface area contributed by atoms with Crippen molar-refractivity contribution >= 4 is 0 Å². The molecule has 0 amide bonds. The second kappa shape index (κ2) is 8.67. The Labute approximate surface area is 110 Å². The molecule has 98 valence electrons. The lowest BCUT2D eigenvalue weighted by atomic mass is 10.1. The van der Waals surface area contributed by atoms with E-state index in [2.05, 4.69) is 6.58 Å². The highest BCUT2D eigenvalue weighted by atomic mass is 16.5. The lowest BCUT2D eigenvalue weighted by Crippen LogP contribution is -2.14. The summed E-state index contributed by atoms with van der Waals surface area (Å²) in [6, 6.07) is 9.97. The molecule has 0 fully saturated rings. The van der Waals surface area contributed by atoms with Crippen LogP contribution >= 0.6 is 0 Å². The highest BCUT2D eigenvalue weighted by Gasteiger charge is 2.02. The number of ether oxygens (including phenoxy) is 1. The van der Waals surface area contributed by atoms with Gasteiger partial charge in [0.2, 0.25) is 0 Å². The van der Waals surface area contributed by atoms with Crippen molar-refractivity contribution < 1.29 is 9.84 Å². The summed E-state index contributed by atoms with van der Waals surface area (Å²) in [5, 5.41) is 9.75. The maximum Gasteiger partial charge on any atom is 0.0808 e. The Hall–Kier alpha value is -1.38. The molecule has 0 aliphatic rings. The Bertz CT molecular complexity index is 368. The SMILES string of the molecule is C=CCC(C)=CCC(O)COCc1ccccc1. The largest absolute Gasteiger partial charge is 0.390 e. The highest BCUT2D eigenvalue weighted by Crippen LogP contribution is 2.06. The first-order valence-electron chi connectivity index (χ1n) is 6.28. The molecule has 0 saturated carbocycles. The summed E-state index contributed by atoms with van der Waals surface area (Å²) in [6.45, 7) is 6.64. The monoisotopic (exact) mass is 246 g/mol. The predicted molar refractivity (Wildman–Crippen MR) is 75.3 cm³/mol. The minimum atomic E-state index is -0.437. The number of hydrogen-bond donors (Lipinski definition) is 1. The van der Waals surface area contributed by atoms with E-state index in [4.69, 9.17) is 4.74 Å². The average molecular weight is 246 g/mol. The number of allylic oxidation sites excluding steroid dienone is 2. The maximum atomic E-state index is 9.75. The van der Waals surface area contributed by atoms with E-state index in [9.17, 15) is 5.11 Å². The van der Waals surface area contributed by atoms with E-state index in [1.165, 1.54) is 5.57 Å². The molecule has 0 heterocycles. The summed E-state index contributed by atoms with van der Waals surface area (Å²) in [7, 11) is 0. The fraction of sp³-hybridized carbons (Fsp3) is 0.375. The second-order valence-corrected chi connectivity index (χ2v) is 4.43. The van der Waals surface area contributed by atoms with Gasteiger partial charge in [-0.1, -0.05) is 48.1 Å². The zero-order chi connectivity index (χ0) is 13.2. The predicted octanol–water partition coefficient (Wildman–Crippen LogP) is 3.48. The number of benzene rings is 1. The molecule has 1 aromatic rings. The Kier molecular flexibility index (Phi) is 7.07. The molecule has 1 rings (SSSR count). The van der Waals surface area contributed by atoms with Gasteiger partial charge in [-0.2, -0.15) is 0 Å². The summed E-state index contributed by atoms with van der Waals surface area (Å²) in [6.07, 6.45) is 4.97. The quantitative estimate of drug-likeness (QED) is 0.712. The maximum absolute atomic E-state index is 9.75. The van der Waals surface area contributed by atoms with Crippen LogP contribution < -0.4 is 0 Å². The molecule has 0 saturated heterocycles. The van der Waals surface area contributed by atoms with Crippen molar-refractivity contribution in [2.45, 2.75) is 32.5 Å². The molecule has 0 bridgehead atoms. The normalized spacial score (nSPS) is 13.3. The van der Waals surface area contributed by atoms with Crippen molar-refractivity contribution in [2.75, 3.05) is 6.61 Å². The zero-order valence-electron chi connectivity index (χ0n) is 11.0. The lowest BCUT2D eigenvalue weighted by molar-refractivity contribution is 0.0300. The van der Waals surface area contributed by atoms with Gasteiger partial charge in [0.05, 0.1) is 19.3 Å². The van der Waals surface area contributed by atoms with Crippen LogP contribution in [0.15, 0.2) is 54.6 Å². The van der Waals surface area contributed by atoms with Gasteiger partial charge in [0.15, 0.2) is 0 Å². The van der Waals surface area contributed by atoms with Crippen LogP contribution in [0.1, 0.15) is 25.3 Å². The van der Waals surface area contributed by atoms with Crippen molar-refractivity contribution in [1.82, 2.24) is 0 Å². The number of aliphatic hydroxyl groups is 1. The molecule has 1 atom stereocenters. The van der Waals surface area contributed by atoms with Gasteiger partial charge >= 0.3 is 0 Å². The van der Waals surface area contributed by atoms with Crippen LogP contribution in [0.25, 0.3) is 0 Å². The molecule has 0 aliphatic heterocycles. The Morgan fingerprint density at radius 1 is 1.39 bits per heavy atom. The summed E-state index contributed by atoms with van der Waals surface area (Å²) < 4.78 is 5.47. The van der Waals surface area contributed by atoms with Gasteiger partial charge < -0.3 is 9.84 Å². The van der Waals surface area contributed by atoms with Crippen LogP contribution in [-0.4, -0.2) is 17.8 Å². The minimum Gasteiger partial charge on any atom is -0.390 e. The molecule has 1 N–H and O–H groups in total. The first-order chi connectivity index (χ1) is 8.72. The fourth-order valence-electron chi connectivity index (χ4n) is 1.60. The first kappa shape index (κ1) is 14.7. The van der Waals surface area contributed by atoms with Crippen molar-refractivity contribution in [2.24, 2.45) is 0 Å². The van der Waals surface area contributed by atoms with Crippen LogP contribution in [0.5, 0.6) is 0 Å². The Morgan fingerprint density at radius 3 is 2.78 bits per heavy atom. The third-order valence-electron chi connectivity index (χ3n) is 2.63. The van der Waals surface area contributed by atoms with Crippen LogP contribution in [-0.2, 0) is 11.3 Å². The average Bonchev–Trinajstić information content (AvgIpc) is 2.38. The van der Waals surface area contributed by atoms with Crippen LogP contribution in [0.3, 0.4) is 0 Å². The van der Waals surface area contributed by atoms with E-state index in [1.807, 2.05) is 49.4 Å². The van der Waals surface area contributed by atoms with Gasteiger partial charge in [-0.15, -0.1) is 6.58 Å². The van der Waals surface area contributed by atoms with E-state index in [0.717, 1.165) is 12.0 Å². The van der Waals surface area contributed by atoms with E-state index < -0.39 is 6.10 Å². The highest BCUT2D eigenvalue weighted by molar-refractivity contribution is 5.13.